The third-order valence-electron chi connectivity index (χ3n) is 4.15. The number of amides is 1. The summed E-state index contributed by atoms with van der Waals surface area (Å²) in [5, 5.41) is 0. The van der Waals surface area contributed by atoms with Gasteiger partial charge in [-0.15, -0.1) is 0 Å². The molecule has 1 saturated carbocycles. The van der Waals surface area contributed by atoms with E-state index in [0.717, 1.165) is 19.3 Å². The van der Waals surface area contributed by atoms with Gasteiger partial charge < -0.3 is 10.6 Å². The third kappa shape index (κ3) is 4.34. The van der Waals surface area contributed by atoms with E-state index in [1.165, 1.54) is 4.90 Å². The summed E-state index contributed by atoms with van der Waals surface area (Å²) < 4.78 is 36.9. The highest BCUT2D eigenvalue weighted by Crippen LogP contribution is 2.25. The van der Waals surface area contributed by atoms with Crippen LogP contribution in [-0.4, -0.2) is 60.6 Å². The van der Waals surface area contributed by atoms with E-state index >= 15 is 0 Å². The van der Waals surface area contributed by atoms with E-state index < -0.39 is 12.7 Å². The van der Waals surface area contributed by atoms with Gasteiger partial charge in [0, 0.05) is 38.1 Å². The molecule has 0 spiro atoms. The molecule has 0 radical (unpaired) electrons. The summed E-state index contributed by atoms with van der Waals surface area (Å²) in [6, 6.07) is 0.0872. The van der Waals surface area contributed by atoms with E-state index in [1.807, 2.05) is 0 Å². The molecule has 7 heteroatoms. The summed E-state index contributed by atoms with van der Waals surface area (Å²) in [7, 11) is 0. The molecule has 0 bridgehead atoms. The molecule has 1 aliphatic heterocycles. The molecule has 20 heavy (non-hydrogen) atoms. The van der Waals surface area contributed by atoms with Crippen LogP contribution in [-0.2, 0) is 4.79 Å². The Morgan fingerprint density at radius 3 is 2.35 bits per heavy atom. The Bertz CT molecular complexity index is 340. The molecule has 1 saturated heterocycles. The quantitative estimate of drug-likeness (QED) is 0.832. The zero-order chi connectivity index (χ0) is 14.8. The van der Waals surface area contributed by atoms with E-state index in [1.54, 1.807) is 4.90 Å². The van der Waals surface area contributed by atoms with Gasteiger partial charge in [-0.25, -0.2) is 0 Å². The number of carbonyl (C=O) groups is 1. The lowest BCUT2D eigenvalue weighted by Gasteiger charge is -2.37. The van der Waals surface area contributed by atoms with Crippen LogP contribution >= 0.6 is 0 Å². The zero-order valence-electron chi connectivity index (χ0n) is 11.5. The minimum atomic E-state index is -4.16. The first-order valence-corrected chi connectivity index (χ1v) is 7.18. The molecule has 2 unspecified atom stereocenters. The van der Waals surface area contributed by atoms with Crippen LogP contribution in [0.3, 0.4) is 0 Å². The SMILES string of the molecule is NC1CCCC(C(=O)N2CCN(CC(F)(F)F)CC2)C1. The van der Waals surface area contributed by atoms with Crippen LogP contribution < -0.4 is 5.73 Å². The molecule has 4 nitrogen and oxygen atoms in total. The van der Waals surface area contributed by atoms with Crippen molar-refractivity contribution in [3.63, 3.8) is 0 Å². The van der Waals surface area contributed by atoms with Crippen LogP contribution in [0, 0.1) is 5.92 Å². The van der Waals surface area contributed by atoms with Crippen molar-refractivity contribution in [2.24, 2.45) is 11.7 Å². The summed E-state index contributed by atoms with van der Waals surface area (Å²) in [6.07, 6.45) is -0.673. The largest absolute Gasteiger partial charge is 0.401 e. The van der Waals surface area contributed by atoms with Crippen molar-refractivity contribution in [1.29, 1.82) is 0 Å². The lowest BCUT2D eigenvalue weighted by molar-refractivity contribution is -0.153. The van der Waals surface area contributed by atoms with Gasteiger partial charge in [0.1, 0.15) is 0 Å². The Balaban J connectivity index is 1.79. The summed E-state index contributed by atoms with van der Waals surface area (Å²) >= 11 is 0. The van der Waals surface area contributed by atoms with Crippen molar-refractivity contribution < 1.29 is 18.0 Å². The highest BCUT2D eigenvalue weighted by atomic mass is 19.4. The standard InChI is InChI=1S/C13H22F3N3O/c14-13(15,16)9-18-4-6-19(7-5-18)12(20)10-2-1-3-11(17)8-10/h10-11H,1-9,17H2. The van der Waals surface area contributed by atoms with E-state index in [0.29, 0.717) is 32.6 Å². The van der Waals surface area contributed by atoms with Crippen LogP contribution in [0.25, 0.3) is 0 Å². The van der Waals surface area contributed by atoms with Crippen molar-refractivity contribution in [2.75, 3.05) is 32.7 Å². The number of hydrogen-bond donors (Lipinski definition) is 1. The Morgan fingerprint density at radius 1 is 1.15 bits per heavy atom. The normalized spacial score (nSPS) is 29.5. The average molecular weight is 293 g/mol. The molecule has 0 aromatic rings. The third-order valence-corrected chi connectivity index (χ3v) is 4.15. The Morgan fingerprint density at radius 2 is 1.80 bits per heavy atom. The number of alkyl halides is 3. The smallest absolute Gasteiger partial charge is 0.340 e. The molecule has 0 aromatic carbocycles. The molecule has 2 fully saturated rings. The van der Waals surface area contributed by atoms with Gasteiger partial charge in [-0.05, 0) is 19.3 Å². The van der Waals surface area contributed by atoms with Crippen LogP contribution in [0.15, 0.2) is 0 Å². The molecule has 1 aliphatic carbocycles. The number of nitrogens with two attached hydrogens (primary N) is 1. The molecule has 2 atom stereocenters. The van der Waals surface area contributed by atoms with Gasteiger partial charge in [0.05, 0.1) is 6.54 Å². The maximum atomic E-state index is 12.3. The minimum absolute atomic E-state index is 0.0343. The number of hydrogen-bond acceptors (Lipinski definition) is 3. The van der Waals surface area contributed by atoms with Crippen LogP contribution in [0.1, 0.15) is 25.7 Å². The molecular weight excluding hydrogens is 271 g/mol. The van der Waals surface area contributed by atoms with Gasteiger partial charge in [0.15, 0.2) is 0 Å². The molecule has 2 rings (SSSR count). The zero-order valence-corrected chi connectivity index (χ0v) is 11.5. The van der Waals surface area contributed by atoms with E-state index in [9.17, 15) is 18.0 Å². The van der Waals surface area contributed by atoms with E-state index in [4.69, 9.17) is 5.73 Å². The first-order chi connectivity index (χ1) is 9.35. The number of piperazine rings is 1. The summed E-state index contributed by atoms with van der Waals surface area (Å²) in [5.74, 6) is 0.0414. The lowest BCUT2D eigenvalue weighted by atomic mass is 9.85. The highest BCUT2D eigenvalue weighted by molar-refractivity contribution is 5.79. The number of carbonyl (C=O) groups excluding carboxylic acids is 1. The van der Waals surface area contributed by atoms with Gasteiger partial charge >= 0.3 is 6.18 Å². The second kappa shape index (κ2) is 6.30. The molecular formula is C13H22F3N3O. The highest BCUT2D eigenvalue weighted by Gasteiger charge is 2.34. The second-order valence-corrected chi connectivity index (χ2v) is 5.84. The Labute approximate surface area is 117 Å². The topological polar surface area (TPSA) is 49.6 Å². The van der Waals surface area contributed by atoms with Gasteiger partial charge in [-0.3, -0.25) is 9.69 Å². The Hall–Kier alpha value is -0.820. The first-order valence-electron chi connectivity index (χ1n) is 7.18. The van der Waals surface area contributed by atoms with Crippen molar-refractivity contribution in [2.45, 2.75) is 37.9 Å². The fraction of sp³-hybridized carbons (Fsp3) is 0.923. The van der Waals surface area contributed by atoms with Crippen molar-refractivity contribution in [1.82, 2.24) is 9.80 Å². The van der Waals surface area contributed by atoms with Crippen LogP contribution in [0.4, 0.5) is 13.2 Å². The second-order valence-electron chi connectivity index (χ2n) is 5.84. The summed E-state index contributed by atoms with van der Waals surface area (Å²) in [6.45, 7) is 0.485. The first kappa shape index (κ1) is 15.6. The number of halogens is 3. The fourth-order valence-corrected chi connectivity index (χ4v) is 3.09. The van der Waals surface area contributed by atoms with Gasteiger partial charge in [0.2, 0.25) is 5.91 Å². The maximum absolute atomic E-state index is 12.3. The fourth-order valence-electron chi connectivity index (χ4n) is 3.09. The number of rotatable bonds is 2. The molecule has 2 aliphatic rings. The van der Waals surface area contributed by atoms with Gasteiger partial charge in [-0.2, -0.15) is 13.2 Å². The van der Waals surface area contributed by atoms with E-state index in [2.05, 4.69) is 0 Å². The van der Waals surface area contributed by atoms with Crippen molar-refractivity contribution in [3.05, 3.63) is 0 Å². The Kier molecular flexibility index (Phi) is 4.90. The predicted molar refractivity (Wildman–Crippen MR) is 69.0 cm³/mol. The number of nitrogens with zero attached hydrogens (tertiary/aromatic N) is 2. The predicted octanol–water partition coefficient (Wildman–Crippen LogP) is 1.21. The van der Waals surface area contributed by atoms with Crippen molar-refractivity contribution in [3.8, 4) is 0 Å². The molecule has 2 N–H and O–H groups in total. The molecule has 116 valence electrons. The van der Waals surface area contributed by atoms with Crippen LogP contribution in [0.2, 0.25) is 0 Å². The van der Waals surface area contributed by atoms with Crippen LogP contribution in [0.5, 0.6) is 0 Å². The molecule has 1 heterocycles. The minimum Gasteiger partial charge on any atom is -0.340 e. The molecule has 1 amide bonds. The van der Waals surface area contributed by atoms with E-state index in [-0.39, 0.29) is 17.9 Å². The van der Waals surface area contributed by atoms with Crippen molar-refractivity contribution >= 4 is 5.91 Å². The summed E-state index contributed by atoms with van der Waals surface area (Å²) in [5.41, 5.74) is 5.88. The lowest BCUT2D eigenvalue weighted by Crippen LogP contribution is -2.52. The monoisotopic (exact) mass is 293 g/mol. The average Bonchev–Trinajstić information content (AvgIpc) is 2.37. The maximum Gasteiger partial charge on any atom is 0.401 e. The summed E-state index contributed by atoms with van der Waals surface area (Å²) in [4.78, 5) is 15.4. The molecule has 0 aromatic heterocycles. The van der Waals surface area contributed by atoms with Gasteiger partial charge in [-0.1, -0.05) is 6.42 Å². The van der Waals surface area contributed by atoms with Gasteiger partial charge in [0.25, 0.3) is 0 Å².